The van der Waals surface area contributed by atoms with E-state index in [1.807, 2.05) is 0 Å². The molecule has 2 N–H and O–H groups in total. The largest absolute Gasteiger partial charge is 0.344 e. The lowest BCUT2D eigenvalue weighted by Gasteiger charge is -2.31. The third-order valence-corrected chi connectivity index (χ3v) is 15.1. The number of hydrogen-bond donors (Lipinski definition) is 2. The van der Waals surface area contributed by atoms with Gasteiger partial charge >= 0.3 is 0 Å². The van der Waals surface area contributed by atoms with E-state index in [-0.39, 0.29) is 95.3 Å². The fourth-order valence-electron chi connectivity index (χ4n) is 10.7. The second kappa shape index (κ2) is 18.6. The van der Waals surface area contributed by atoms with E-state index in [9.17, 15) is 53.1 Å². The first-order valence-corrected chi connectivity index (χ1v) is 25.7. The third-order valence-electron chi connectivity index (χ3n) is 14.2. The Balaban J connectivity index is 1.19. The average molecular weight is 1090 g/mol. The number of rotatable bonds is 15. The molecule has 3 atom stereocenters. The van der Waals surface area contributed by atoms with Crippen molar-refractivity contribution in [1.82, 2.24) is 44.3 Å². The van der Waals surface area contributed by atoms with E-state index in [4.69, 9.17) is 16.6 Å². The summed E-state index contributed by atoms with van der Waals surface area (Å²) in [5, 5.41) is 10.1. The third kappa shape index (κ3) is 9.71. The number of nitrogens with one attached hydrogen (secondary N) is 2. The number of halogens is 11. The van der Waals surface area contributed by atoms with Gasteiger partial charge in [-0.3, -0.25) is 33.0 Å². The van der Waals surface area contributed by atoms with Crippen LogP contribution in [0.4, 0.5) is 49.7 Å². The summed E-state index contributed by atoms with van der Waals surface area (Å²) >= 11 is 6.79. The highest BCUT2D eigenvalue weighted by Gasteiger charge is 2.67. The van der Waals surface area contributed by atoms with Crippen LogP contribution in [0.1, 0.15) is 114 Å². The van der Waals surface area contributed by atoms with E-state index in [2.05, 4.69) is 25.2 Å². The predicted molar refractivity (Wildman–Crippen MR) is 247 cm³/mol. The minimum absolute atomic E-state index is 0.0369. The molecule has 2 aromatic carbocycles. The van der Waals surface area contributed by atoms with E-state index >= 15 is 13.6 Å². The number of pyridine rings is 1. The summed E-state index contributed by atoms with van der Waals surface area (Å²) < 4.78 is 178. The molecule has 1 saturated heterocycles. The molecule has 27 heteroatoms. The molecular formula is C47H43ClF10N10O5S. The molecule has 3 fully saturated rings. The zero-order valence-corrected chi connectivity index (χ0v) is 40.4. The molecule has 0 spiro atoms. The number of nitrogens with zero attached hydrogens (tertiary/aromatic N) is 8. The Hall–Kier alpha value is -6.15. The van der Waals surface area contributed by atoms with Gasteiger partial charge in [0.25, 0.3) is 23.8 Å². The summed E-state index contributed by atoms with van der Waals surface area (Å²) in [7, 11) is -4.13. The van der Waals surface area contributed by atoms with Crippen LogP contribution in [0.5, 0.6) is 0 Å². The number of likely N-dealkylation sites (tertiary alicyclic amines) is 1. The van der Waals surface area contributed by atoms with Gasteiger partial charge in [-0.25, -0.2) is 53.5 Å². The maximum absolute atomic E-state index is 15.7. The molecule has 4 aliphatic rings. The lowest BCUT2D eigenvalue weighted by molar-refractivity contribution is -0.123. The van der Waals surface area contributed by atoms with Gasteiger partial charge in [-0.2, -0.15) is 19.0 Å². The normalized spacial score (nSPS) is 20.7. The minimum atomic E-state index is -4.13. The van der Waals surface area contributed by atoms with Crippen LogP contribution in [0.3, 0.4) is 0 Å². The van der Waals surface area contributed by atoms with Crippen molar-refractivity contribution in [1.29, 1.82) is 0 Å². The van der Waals surface area contributed by atoms with Crippen LogP contribution in [-0.4, -0.2) is 97.3 Å². The number of hydrogen-bond acceptors (Lipinski definition) is 10. The summed E-state index contributed by atoms with van der Waals surface area (Å²) in [6.07, 6.45) is -5.06. The number of benzene rings is 2. The van der Waals surface area contributed by atoms with E-state index in [0.717, 1.165) is 23.0 Å². The first-order valence-electron chi connectivity index (χ1n) is 23.4. The molecule has 6 aromatic rings. The molecule has 10 rings (SSSR count). The molecule has 0 radical (unpaired) electrons. The number of sulfonamides is 1. The molecular weight excluding hydrogens is 1040 g/mol. The van der Waals surface area contributed by atoms with Crippen molar-refractivity contribution < 1.29 is 61.9 Å². The molecule has 74 heavy (non-hydrogen) atoms. The lowest BCUT2D eigenvalue weighted by Crippen LogP contribution is -2.40. The highest BCUT2D eigenvalue weighted by Crippen LogP contribution is 2.68. The van der Waals surface area contributed by atoms with E-state index in [0.29, 0.717) is 17.0 Å². The van der Waals surface area contributed by atoms with E-state index in [1.54, 1.807) is 4.90 Å². The van der Waals surface area contributed by atoms with Gasteiger partial charge in [-0.1, -0.05) is 11.6 Å². The molecule has 0 bridgehead atoms. The van der Waals surface area contributed by atoms with Gasteiger partial charge in [0.15, 0.2) is 17.8 Å². The van der Waals surface area contributed by atoms with Gasteiger partial charge in [-0.15, -0.1) is 0 Å². The first kappa shape index (κ1) is 51.3. The van der Waals surface area contributed by atoms with Gasteiger partial charge in [0, 0.05) is 86.5 Å². The van der Waals surface area contributed by atoms with Gasteiger partial charge in [0.2, 0.25) is 21.9 Å². The number of aromatic nitrogens is 7. The Bertz CT molecular complexity index is 3420. The van der Waals surface area contributed by atoms with Crippen molar-refractivity contribution in [3.05, 3.63) is 103 Å². The van der Waals surface area contributed by atoms with Gasteiger partial charge in [-0.05, 0) is 61.1 Å². The van der Waals surface area contributed by atoms with E-state index in [1.165, 1.54) is 22.9 Å². The van der Waals surface area contributed by atoms with Crippen molar-refractivity contribution in [3.8, 4) is 5.69 Å². The number of alkyl halides is 8. The topological polar surface area (TPSA) is 179 Å². The van der Waals surface area contributed by atoms with Gasteiger partial charge in [0.1, 0.15) is 35.4 Å². The Kier molecular flexibility index (Phi) is 12.9. The number of aldehydes is 1. The number of carbonyl (C=O) groups is 2. The van der Waals surface area contributed by atoms with Gasteiger partial charge in [0.05, 0.1) is 45.8 Å². The molecule has 1 aliphatic heterocycles. The number of carbonyl (C=O) groups excluding carboxylic acids is 2. The van der Waals surface area contributed by atoms with Crippen molar-refractivity contribution >= 4 is 61.6 Å². The molecule has 4 aromatic heterocycles. The van der Waals surface area contributed by atoms with Crippen LogP contribution in [0.25, 0.3) is 27.6 Å². The van der Waals surface area contributed by atoms with Crippen molar-refractivity contribution in [2.45, 2.75) is 107 Å². The summed E-state index contributed by atoms with van der Waals surface area (Å²) in [5.41, 5.74) is -4.51. The number of amides is 1. The maximum atomic E-state index is 15.7. The highest BCUT2D eigenvalue weighted by molar-refractivity contribution is 7.92. The van der Waals surface area contributed by atoms with Crippen LogP contribution < -0.4 is 15.6 Å². The SMILES string of the molecule is CS(=O)(=O)Nc1nn(CCN2CCC(F)(F)CC2)c2c(-n3c([C@H](Cc4cc(F)cc(F)c4)NC(=O)Cn4nc(C(F)F)c5c4C(F)(F)[C@@H]4C[C@H]54)nc4nc(C5CCC(F)(F)CC5)cc(C=O)c4c3=O)ccc(Cl)c12. The van der Waals surface area contributed by atoms with Crippen LogP contribution in [0, 0.1) is 17.6 Å². The van der Waals surface area contributed by atoms with Crippen LogP contribution in [0.2, 0.25) is 5.02 Å². The Labute approximate surface area is 418 Å². The summed E-state index contributed by atoms with van der Waals surface area (Å²) in [5.74, 6) is -16.7. The molecule has 15 nitrogen and oxygen atoms in total. The van der Waals surface area contributed by atoms with Crippen molar-refractivity contribution in [2.75, 3.05) is 30.6 Å². The molecule has 1 amide bonds. The Morgan fingerprint density at radius 1 is 0.905 bits per heavy atom. The molecule has 394 valence electrons. The molecule has 2 saturated carbocycles. The summed E-state index contributed by atoms with van der Waals surface area (Å²) in [4.78, 5) is 54.0. The summed E-state index contributed by atoms with van der Waals surface area (Å²) in [6, 6.07) is 4.28. The molecule has 0 unspecified atom stereocenters. The summed E-state index contributed by atoms with van der Waals surface area (Å²) in [6.45, 7) is -1.32. The fraction of sp³-hybridized carbons (Fsp3) is 0.468. The van der Waals surface area contributed by atoms with Crippen molar-refractivity contribution in [2.24, 2.45) is 5.92 Å². The zero-order valence-electron chi connectivity index (χ0n) is 38.8. The maximum Gasteiger partial charge on any atom is 0.293 e. The number of fused-ring (bicyclic) bond motifs is 5. The van der Waals surface area contributed by atoms with Crippen molar-refractivity contribution in [3.63, 3.8) is 0 Å². The smallest absolute Gasteiger partial charge is 0.293 e. The first-order chi connectivity index (χ1) is 34.8. The van der Waals surface area contributed by atoms with Gasteiger partial charge < -0.3 is 10.2 Å². The van der Waals surface area contributed by atoms with Crippen LogP contribution in [-0.2, 0) is 40.3 Å². The quantitative estimate of drug-likeness (QED) is 0.0747. The standard InChI is InChI=1S/C47H43ClF10N10O5S/c1-74(72,73)64-42-36-29(48)2-3-32(38(36)66(63-42)13-12-65-10-8-46(55,56)9-11-65)68-43(61-41-34(44(68)71)24(21-69)17-30(60-41)23-4-6-45(53,54)7-5-23)31(16-22-14-25(49)18-26(50)15-22)59-33(70)20-67-39-35(37(62-67)40(51)52)27-19-28(27)47(39,57)58/h2-3,14-15,17-18,21,23,27-28,31,40H,4-13,16,19-20H2,1H3,(H,59,70)(H,63,64)/t27-,28+,31-/m0/s1. The Morgan fingerprint density at radius 2 is 1.58 bits per heavy atom. The highest BCUT2D eigenvalue weighted by atomic mass is 35.5. The second-order valence-corrected chi connectivity index (χ2v) is 21.6. The minimum Gasteiger partial charge on any atom is -0.344 e. The van der Waals surface area contributed by atoms with Crippen LogP contribution >= 0.6 is 11.6 Å². The van der Waals surface area contributed by atoms with E-state index < -0.39 is 148 Å². The molecule has 3 aliphatic carbocycles. The molecule has 5 heterocycles. The Morgan fingerprint density at radius 3 is 2.23 bits per heavy atom. The average Bonchev–Trinajstić information content (AvgIpc) is 3.83. The van der Waals surface area contributed by atoms with Crippen LogP contribution in [0.15, 0.2) is 41.2 Å². The fourth-order valence-corrected chi connectivity index (χ4v) is 11.4. The second-order valence-electron chi connectivity index (χ2n) is 19.4. The monoisotopic (exact) mass is 1080 g/mol. The number of piperidine rings is 1. The predicted octanol–water partition coefficient (Wildman–Crippen LogP) is 8.71. The number of anilines is 1. The zero-order chi connectivity index (χ0) is 53.0. The lowest BCUT2D eigenvalue weighted by atomic mass is 9.84.